The lowest BCUT2D eigenvalue weighted by atomic mass is 10.1. The third-order valence-corrected chi connectivity index (χ3v) is 4.82. The van der Waals surface area contributed by atoms with Gasteiger partial charge in [0.15, 0.2) is 5.82 Å². The van der Waals surface area contributed by atoms with Gasteiger partial charge in [-0.15, -0.1) is 0 Å². The van der Waals surface area contributed by atoms with Crippen LogP contribution in [-0.4, -0.2) is 53.5 Å². The van der Waals surface area contributed by atoms with E-state index in [0.717, 1.165) is 35.9 Å². The van der Waals surface area contributed by atoms with Crippen molar-refractivity contribution in [2.24, 2.45) is 0 Å². The molecule has 0 saturated carbocycles. The van der Waals surface area contributed by atoms with Gasteiger partial charge in [0.25, 0.3) is 0 Å². The number of hydrogen-bond acceptors (Lipinski definition) is 7. The van der Waals surface area contributed by atoms with Crippen LogP contribution >= 0.6 is 11.8 Å². The van der Waals surface area contributed by atoms with E-state index in [1.165, 1.54) is 6.92 Å². The Bertz CT molecular complexity index is 810. The normalized spacial score (nSPS) is 14.3. The van der Waals surface area contributed by atoms with Crippen molar-refractivity contribution in [2.45, 2.75) is 19.3 Å². The number of ether oxygens (including phenoxy) is 1. The number of carbonyl (C=O) groups is 1. The number of aliphatic hydroxyl groups excluding tert-OH is 1. The van der Waals surface area contributed by atoms with Gasteiger partial charge in [-0.2, -0.15) is 11.8 Å². The summed E-state index contributed by atoms with van der Waals surface area (Å²) in [5.41, 5.74) is 3.01. The summed E-state index contributed by atoms with van der Waals surface area (Å²) in [6.07, 6.45) is 2.04. The quantitative estimate of drug-likeness (QED) is 0.785. The van der Waals surface area contributed by atoms with Gasteiger partial charge >= 0.3 is 0 Å². The lowest BCUT2D eigenvalue weighted by Gasteiger charge is -2.28. The summed E-state index contributed by atoms with van der Waals surface area (Å²) in [6, 6.07) is 7.50. The average Bonchev–Trinajstić information content (AvgIpc) is 2.68. The highest BCUT2D eigenvalue weighted by Crippen LogP contribution is 2.26. The lowest BCUT2D eigenvalue weighted by Crippen LogP contribution is -2.37. The molecule has 0 unspecified atom stereocenters. The maximum absolute atomic E-state index is 11.3. The van der Waals surface area contributed by atoms with Crippen molar-refractivity contribution in [1.29, 1.82) is 0 Å². The number of benzene rings is 1. The molecular formula is C19H24N4O3S. The van der Waals surface area contributed by atoms with Crippen LogP contribution in [0.15, 0.2) is 24.3 Å². The number of thioether (sulfide) groups is 1. The molecule has 2 N–H and O–H groups in total. The first-order chi connectivity index (χ1) is 13.1. The van der Waals surface area contributed by atoms with E-state index in [1.54, 1.807) is 17.8 Å². The molecule has 0 radical (unpaired) electrons. The molecule has 27 heavy (non-hydrogen) atoms. The van der Waals surface area contributed by atoms with Crippen LogP contribution in [-0.2, 0) is 21.9 Å². The molecule has 7 nitrogen and oxygen atoms in total. The molecule has 1 amide bonds. The zero-order valence-corrected chi connectivity index (χ0v) is 16.4. The Morgan fingerprint density at radius 3 is 2.74 bits per heavy atom. The minimum Gasteiger partial charge on any atom is -0.392 e. The highest BCUT2D eigenvalue weighted by molar-refractivity contribution is 7.97. The molecule has 144 valence electrons. The molecule has 0 atom stereocenters. The first-order valence-electron chi connectivity index (χ1n) is 8.82. The fourth-order valence-electron chi connectivity index (χ4n) is 2.96. The van der Waals surface area contributed by atoms with Gasteiger partial charge in [-0.3, -0.25) is 4.79 Å². The highest BCUT2D eigenvalue weighted by atomic mass is 32.2. The summed E-state index contributed by atoms with van der Waals surface area (Å²) >= 11 is 1.71. The van der Waals surface area contributed by atoms with Gasteiger partial charge < -0.3 is 20.1 Å². The van der Waals surface area contributed by atoms with E-state index < -0.39 is 0 Å². The van der Waals surface area contributed by atoms with Crippen molar-refractivity contribution < 1.29 is 14.6 Å². The van der Waals surface area contributed by atoms with Crippen LogP contribution in [0.3, 0.4) is 0 Å². The number of amides is 1. The van der Waals surface area contributed by atoms with Gasteiger partial charge in [0.1, 0.15) is 5.82 Å². The van der Waals surface area contributed by atoms with E-state index in [1.807, 2.05) is 24.5 Å². The second-order valence-electron chi connectivity index (χ2n) is 6.28. The maximum Gasteiger partial charge on any atom is 0.221 e. The summed E-state index contributed by atoms with van der Waals surface area (Å²) in [6.45, 7) is 4.26. The lowest BCUT2D eigenvalue weighted by molar-refractivity contribution is -0.114. The summed E-state index contributed by atoms with van der Waals surface area (Å²) in [5, 5.41) is 12.4. The predicted octanol–water partition coefficient (Wildman–Crippen LogP) is 2.29. The molecule has 8 heteroatoms. The number of aliphatic hydroxyl groups is 1. The van der Waals surface area contributed by atoms with Crippen molar-refractivity contribution in [3.63, 3.8) is 0 Å². The molecule has 3 rings (SSSR count). The van der Waals surface area contributed by atoms with Crippen molar-refractivity contribution in [1.82, 2.24) is 9.97 Å². The predicted molar refractivity (Wildman–Crippen MR) is 108 cm³/mol. The van der Waals surface area contributed by atoms with Gasteiger partial charge in [0, 0.05) is 48.6 Å². The van der Waals surface area contributed by atoms with Gasteiger partial charge in [-0.25, -0.2) is 9.97 Å². The number of nitrogens with one attached hydrogen (secondary N) is 1. The Balaban J connectivity index is 1.99. The number of aromatic nitrogens is 2. The smallest absolute Gasteiger partial charge is 0.221 e. The van der Waals surface area contributed by atoms with Crippen LogP contribution in [0, 0.1) is 0 Å². The summed E-state index contributed by atoms with van der Waals surface area (Å²) in [7, 11) is 0. The third kappa shape index (κ3) is 4.97. The van der Waals surface area contributed by atoms with E-state index in [9.17, 15) is 9.90 Å². The van der Waals surface area contributed by atoms with Gasteiger partial charge in [0.05, 0.1) is 25.5 Å². The molecule has 1 saturated heterocycles. The zero-order valence-electron chi connectivity index (χ0n) is 15.6. The zero-order chi connectivity index (χ0) is 19.2. The van der Waals surface area contributed by atoms with Gasteiger partial charge in [-0.1, -0.05) is 0 Å². The van der Waals surface area contributed by atoms with Crippen molar-refractivity contribution in [3.8, 4) is 11.4 Å². The van der Waals surface area contributed by atoms with Crippen LogP contribution in [0.25, 0.3) is 11.4 Å². The fourth-order valence-corrected chi connectivity index (χ4v) is 3.41. The van der Waals surface area contributed by atoms with Crippen LogP contribution in [0.2, 0.25) is 0 Å². The van der Waals surface area contributed by atoms with Crippen LogP contribution in [0.1, 0.15) is 18.2 Å². The minimum absolute atomic E-state index is 0.176. The van der Waals surface area contributed by atoms with Crippen molar-refractivity contribution in [2.75, 3.05) is 42.8 Å². The fraction of sp³-hybridized carbons (Fsp3) is 0.421. The Kier molecular flexibility index (Phi) is 6.65. The molecule has 0 bridgehead atoms. The Hall–Kier alpha value is -2.16. The average molecular weight is 388 g/mol. The molecule has 2 heterocycles. The topological polar surface area (TPSA) is 87.6 Å². The second-order valence-corrected chi connectivity index (χ2v) is 7.15. The molecule has 0 aliphatic carbocycles. The summed E-state index contributed by atoms with van der Waals surface area (Å²) in [5.74, 6) is 2.13. The van der Waals surface area contributed by atoms with Gasteiger partial charge in [0.2, 0.25) is 5.91 Å². The molecule has 1 aliphatic rings. The Morgan fingerprint density at radius 2 is 2.07 bits per heavy atom. The van der Waals surface area contributed by atoms with Gasteiger partial charge in [-0.05, 0) is 24.5 Å². The number of hydrogen-bond donors (Lipinski definition) is 2. The largest absolute Gasteiger partial charge is 0.392 e. The van der Waals surface area contributed by atoms with Crippen LogP contribution in [0.4, 0.5) is 11.5 Å². The van der Waals surface area contributed by atoms with E-state index in [2.05, 4.69) is 10.2 Å². The Labute approximate surface area is 163 Å². The second kappa shape index (κ2) is 9.16. The number of anilines is 2. The Morgan fingerprint density at radius 1 is 1.30 bits per heavy atom. The molecule has 1 fully saturated rings. The molecule has 2 aromatic rings. The first-order valence-corrected chi connectivity index (χ1v) is 10.2. The standard InChI is InChI=1S/C19H24N4O3S/c1-13(25)20-17-4-3-14(9-15(17)11-24)19-21-16(12-27-2)10-18(22-19)23-5-7-26-8-6-23/h3-4,9-10,24H,5-8,11-12H2,1-2H3,(H,20,25). The van der Waals surface area contributed by atoms with Crippen LogP contribution in [0.5, 0.6) is 0 Å². The van der Waals surface area contributed by atoms with Crippen molar-refractivity contribution in [3.05, 3.63) is 35.5 Å². The number of carbonyl (C=O) groups excluding carboxylic acids is 1. The molecule has 1 aliphatic heterocycles. The monoisotopic (exact) mass is 388 g/mol. The van der Waals surface area contributed by atoms with Crippen LogP contribution < -0.4 is 10.2 Å². The maximum atomic E-state index is 11.3. The van der Waals surface area contributed by atoms with E-state index in [0.29, 0.717) is 30.3 Å². The number of morpholine rings is 1. The summed E-state index contributed by atoms with van der Waals surface area (Å²) < 4.78 is 5.44. The molecule has 1 aromatic carbocycles. The SMILES string of the molecule is CSCc1cc(N2CCOCC2)nc(-c2ccc(NC(C)=O)c(CO)c2)n1. The van der Waals surface area contributed by atoms with E-state index >= 15 is 0 Å². The van der Waals surface area contributed by atoms with E-state index in [-0.39, 0.29) is 12.5 Å². The summed E-state index contributed by atoms with van der Waals surface area (Å²) in [4.78, 5) is 23.0. The molecule has 1 aromatic heterocycles. The molecule has 0 spiro atoms. The third-order valence-electron chi connectivity index (χ3n) is 4.24. The van der Waals surface area contributed by atoms with Crippen molar-refractivity contribution >= 4 is 29.2 Å². The first kappa shape index (κ1) is 19.6. The highest BCUT2D eigenvalue weighted by Gasteiger charge is 2.16. The number of rotatable bonds is 6. The minimum atomic E-state index is -0.176. The number of nitrogens with zero attached hydrogens (tertiary/aromatic N) is 3. The molecular weight excluding hydrogens is 364 g/mol. The van der Waals surface area contributed by atoms with E-state index in [4.69, 9.17) is 14.7 Å².